The number of aromatic nitrogens is 3. The van der Waals surface area contributed by atoms with Gasteiger partial charge in [-0.3, -0.25) is 9.36 Å². The average molecular weight is 457 g/mol. The van der Waals surface area contributed by atoms with E-state index in [4.69, 9.17) is 16.3 Å². The number of ether oxygens (including phenoxy) is 1. The van der Waals surface area contributed by atoms with Crippen molar-refractivity contribution in [1.29, 1.82) is 0 Å². The average Bonchev–Trinajstić information content (AvgIpc) is 3.44. The summed E-state index contributed by atoms with van der Waals surface area (Å²) in [4.78, 5) is 12.6. The summed E-state index contributed by atoms with van der Waals surface area (Å²) in [5, 5.41) is 12.9. The molecule has 31 heavy (non-hydrogen) atoms. The van der Waals surface area contributed by atoms with Gasteiger partial charge >= 0.3 is 0 Å². The molecule has 0 saturated carbocycles. The van der Waals surface area contributed by atoms with Crippen molar-refractivity contribution in [3.8, 4) is 5.69 Å². The summed E-state index contributed by atoms with van der Waals surface area (Å²) in [5.74, 6) is 0.777. The Balaban J connectivity index is 1.53. The number of benzene rings is 2. The number of hydrogen-bond acceptors (Lipinski definition) is 5. The molecule has 0 spiro atoms. The van der Waals surface area contributed by atoms with Crippen LogP contribution in [0.15, 0.2) is 59.8 Å². The molecule has 1 fully saturated rings. The summed E-state index contributed by atoms with van der Waals surface area (Å²) < 4.78 is 7.59. The van der Waals surface area contributed by atoms with Crippen molar-refractivity contribution in [2.24, 2.45) is 0 Å². The molecule has 0 radical (unpaired) electrons. The maximum absolute atomic E-state index is 12.6. The molecule has 2 heterocycles. The van der Waals surface area contributed by atoms with Gasteiger partial charge in [-0.15, -0.1) is 10.2 Å². The molecule has 1 saturated heterocycles. The standard InChI is InChI=1S/C23H25ClN4O2S/c1-16(22(29)25-15-20-8-5-13-30-20)31-23-27-26-21(14-17-6-3-2-4-7-17)28(23)19-11-9-18(24)10-12-19/h2-4,6-7,9-12,16,20H,5,8,13-15H2,1H3,(H,25,29). The quantitative estimate of drug-likeness (QED) is 0.512. The maximum Gasteiger partial charge on any atom is 0.233 e. The highest BCUT2D eigenvalue weighted by Crippen LogP contribution is 2.27. The van der Waals surface area contributed by atoms with Gasteiger partial charge in [-0.1, -0.05) is 53.7 Å². The third-order valence-corrected chi connectivity index (χ3v) is 6.46. The Bertz CT molecular complexity index is 1000. The first-order chi connectivity index (χ1) is 15.1. The summed E-state index contributed by atoms with van der Waals surface area (Å²) >= 11 is 7.48. The van der Waals surface area contributed by atoms with Gasteiger partial charge in [0.05, 0.1) is 11.4 Å². The van der Waals surface area contributed by atoms with Gasteiger partial charge in [-0.05, 0) is 49.6 Å². The molecule has 1 amide bonds. The van der Waals surface area contributed by atoms with Gasteiger partial charge in [0.15, 0.2) is 5.16 Å². The fourth-order valence-electron chi connectivity index (χ4n) is 3.49. The third-order valence-electron chi connectivity index (χ3n) is 5.17. The number of halogens is 1. The van der Waals surface area contributed by atoms with E-state index in [-0.39, 0.29) is 17.3 Å². The molecule has 6 nitrogen and oxygen atoms in total. The Labute approximate surface area is 191 Å². The van der Waals surface area contributed by atoms with E-state index in [0.29, 0.717) is 23.1 Å². The first kappa shape index (κ1) is 21.9. The van der Waals surface area contributed by atoms with Crippen LogP contribution in [-0.2, 0) is 16.0 Å². The second-order valence-corrected chi connectivity index (χ2v) is 9.26. The van der Waals surface area contributed by atoms with Gasteiger partial charge in [0.25, 0.3) is 0 Å². The van der Waals surface area contributed by atoms with Crippen LogP contribution in [0, 0.1) is 0 Å². The normalized spacial score (nSPS) is 16.9. The van der Waals surface area contributed by atoms with E-state index in [1.807, 2.05) is 54.0 Å². The summed E-state index contributed by atoms with van der Waals surface area (Å²) in [6, 6.07) is 17.7. The van der Waals surface area contributed by atoms with Crippen molar-refractivity contribution in [3.63, 3.8) is 0 Å². The van der Waals surface area contributed by atoms with E-state index in [9.17, 15) is 4.79 Å². The molecule has 2 aromatic carbocycles. The van der Waals surface area contributed by atoms with Crippen LogP contribution in [-0.4, -0.2) is 45.2 Å². The minimum Gasteiger partial charge on any atom is -0.376 e. The first-order valence-corrected chi connectivity index (χ1v) is 11.7. The lowest BCUT2D eigenvalue weighted by atomic mass is 10.1. The monoisotopic (exact) mass is 456 g/mol. The zero-order chi connectivity index (χ0) is 21.6. The topological polar surface area (TPSA) is 69.0 Å². The van der Waals surface area contributed by atoms with E-state index < -0.39 is 0 Å². The Morgan fingerprint density at radius 1 is 1.23 bits per heavy atom. The first-order valence-electron chi connectivity index (χ1n) is 10.4. The number of carbonyl (C=O) groups excluding carboxylic acids is 1. The number of rotatable bonds is 8. The van der Waals surface area contributed by atoms with E-state index in [1.54, 1.807) is 0 Å². The zero-order valence-electron chi connectivity index (χ0n) is 17.3. The molecule has 1 aromatic heterocycles. The van der Waals surface area contributed by atoms with E-state index in [0.717, 1.165) is 36.5 Å². The van der Waals surface area contributed by atoms with Gasteiger partial charge in [0.1, 0.15) is 5.82 Å². The van der Waals surface area contributed by atoms with Gasteiger partial charge in [0.2, 0.25) is 5.91 Å². The van der Waals surface area contributed by atoms with Gasteiger partial charge < -0.3 is 10.1 Å². The molecule has 4 rings (SSSR count). The number of nitrogens with one attached hydrogen (secondary N) is 1. The van der Waals surface area contributed by atoms with E-state index in [2.05, 4.69) is 27.6 Å². The second kappa shape index (κ2) is 10.3. The van der Waals surface area contributed by atoms with Crippen molar-refractivity contribution >= 4 is 29.3 Å². The highest BCUT2D eigenvalue weighted by molar-refractivity contribution is 8.00. The van der Waals surface area contributed by atoms with Crippen molar-refractivity contribution < 1.29 is 9.53 Å². The van der Waals surface area contributed by atoms with Crippen LogP contribution in [0.25, 0.3) is 5.69 Å². The van der Waals surface area contributed by atoms with Crippen LogP contribution >= 0.6 is 23.4 Å². The summed E-state index contributed by atoms with van der Waals surface area (Å²) in [6.45, 7) is 3.21. The molecule has 1 aliphatic rings. The van der Waals surface area contributed by atoms with Crippen LogP contribution in [0.2, 0.25) is 5.02 Å². The molecule has 8 heteroatoms. The molecule has 1 aliphatic heterocycles. The minimum atomic E-state index is -0.318. The molecule has 1 N–H and O–H groups in total. The second-order valence-electron chi connectivity index (χ2n) is 7.51. The van der Waals surface area contributed by atoms with Gasteiger partial charge in [-0.25, -0.2) is 0 Å². The zero-order valence-corrected chi connectivity index (χ0v) is 18.9. The highest BCUT2D eigenvalue weighted by Gasteiger charge is 2.23. The lowest BCUT2D eigenvalue weighted by molar-refractivity contribution is -0.120. The largest absolute Gasteiger partial charge is 0.376 e. The van der Waals surface area contributed by atoms with Crippen molar-refractivity contribution in [2.75, 3.05) is 13.2 Å². The predicted octanol–water partition coefficient (Wildman–Crippen LogP) is 4.29. The molecule has 0 aliphatic carbocycles. The van der Waals surface area contributed by atoms with Crippen molar-refractivity contribution in [2.45, 2.75) is 42.7 Å². The van der Waals surface area contributed by atoms with Crippen LogP contribution in [0.4, 0.5) is 0 Å². The number of carbonyl (C=O) groups is 1. The van der Waals surface area contributed by atoms with Crippen LogP contribution < -0.4 is 5.32 Å². The summed E-state index contributed by atoms with van der Waals surface area (Å²) in [5.41, 5.74) is 2.05. The third kappa shape index (κ3) is 5.67. The molecular weight excluding hydrogens is 432 g/mol. The Hall–Kier alpha value is -2.35. The molecule has 2 atom stereocenters. The molecule has 0 bridgehead atoms. The summed E-state index contributed by atoms with van der Waals surface area (Å²) in [6.07, 6.45) is 2.81. The summed E-state index contributed by atoms with van der Waals surface area (Å²) in [7, 11) is 0. The van der Waals surface area contributed by atoms with Crippen molar-refractivity contribution in [3.05, 3.63) is 71.0 Å². The molecule has 2 unspecified atom stereocenters. The number of amides is 1. The predicted molar refractivity (Wildman–Crippen MR) is 123 cm³/mol. The lowest BCUT2D eigenvalue weighted by Gasteiger charge is -2.15. The maximum atomic E-state index is 12.6. The Kier molecular flexibility index (Phi) is 7.27. The van der Waals surface area contributed by atoms with Crippen LogP contribution in [0.1, 0.15) is 31.2 Å². The number of hydrogen-bond donors (Lipinski definition) is 1. The number of thioether (sulfide) groups is 1. The molecular formula is C23H25ClN4O2S. The minimum absolute atomic E-state index is 0.0317. The van der Waals surface area contributed by atoms with E-state index >= 15 is 0 Å². The molecule has 162 valence electrons. The molecule has 3 aromatic rings. The van der Waals surface area contributed by atoms with Crippen LogP contribution in [0.5, 0.6) is 0 Å². The van der Waals surface area contributed by atoms with Gasteiger partial charge in [-0.2, -0.15) is 0 Å². The smallest absolute Gasteiger partial charge is 0.233 e. The SMILES string of the molecule is CC(Sc1nnc(Cc2ccccc2)n1-c1ccc(Cl)cc1)C(=O)NCC1CCCO1. The van der Waals surface area contributed by atoms with Gasteiger partial charge in [0, 0.05) is 30.3 Å². The Morgan fingerprint density at radius 3 is 2.71 bits per heavy atom. The number of nitrogens with zero attached hydrogens (tertiary/aromatic N) is 3. The van der Waals surface area contributed by atoms with Crippen LogP contribution in [0.3, 0.4) is 0 Å². The highest BCUT2D eigenvalue weighted by atomic mass is 35.5. The van der Waals surface area contributed by atoms with Crippen molar-refractivity contribution in [1.82, 2.24) is 20.1 Å². The Morgan fingerprint density at radius 2 is 2.00 bits per heavy atom. The van der Waals surface area contributed by atoms with E-state index in [1.165, 1.54) is 11.8 Å². The fourth-order valence-corrected chi connectivity index (χ4v) is 4.53. The lowest BCUT2D eigenvalue weighted by Crippen LogP contribution is -2.36. The fraction of sp³-hybridized carbons (Fsp3) is 0.348.